The first-order valence-electron chi connectivity index (χ1n) is 7.37. The molecule has 2 atom stereocenters. The summed E-state index contributed by atoms with van der Waals surface area (Å²) in [6, 6.07) is 7.44. The largest absolute Gasteiger partial charge is 0.481 e. The third-order valence-corrected chi connectivity index (χ3v) is 4.08. The molecule has 0 bridgehead atoms. The van der Waals surface area contributed by atoms with Gasteiger partial charge >= 0.3 is 5.97 Å². The topological polar surface area (TPSA) is 83.6 Å². The predicted octanol–water partition coefficient (Wildman–Crippen LogP) is 1.57. The van der Waals surface area contributed by atoms with E-state index in [0.29, 0.717) is 13.1 Å². The Morgan fingerprint density at radius 3 is 2.76 bits per heavy atom. The van der Waals surface area contributed by atoms with E-state index in [1.165, 1.54) is 0 Å². The Hall–Kier alpha value is -1.88. The van der Waals surface area contributed by atoms with Crippen LogP contribution in [0.2, 0.25) is 0 Å². The number of rotatable bonds is 5. The Balaban J connectivity index is 2.25. The van der Waals surface area contributed by atoms with Crippen molar-refractivity contribution >= 4 is 11.9 Å². The SMILES string of the molecule is CCCC(CN)C(=O)N1Cc2ccccc2C(C(=O)O)C1. The highest BCUT2D eigenvalue weighted by atomic mass is 16.4. The van der Waals surface area contributed by atoms with Gasteiger partial charge in [-0.3, -0.25) is 9.59 Å². The average Bonchev–Trinajstić information content (AvgIpc) is 2.50. The van der Waals surface area contributed by atoms with Crippen LogP contribution in [-0.2, 0) is 16.1 Å². The minimum Gasteiger partial charge on any atom is -0.481 e. The Kier molecular flexibility index (Phi) is 4.96. The summed E-state index contributed by atoms with van der Waals surface area (Å²) in [6.45, 7) is 3.02. The quantitative estimate of drug-likeness (QED) is 0.862. The molecule has 1 aromatic carbocycles. The van der Waals surface area contributed by atoms with Crippen molar-refractivity contribution < 1.29 is 14.7 Å². The fraction of sp³-hybridized carbons (Fsp3) is 0.500. The van der Waals surface area contributed by atoms with Gasteiger partial charge in [-0.25, -0.2) is 0 Å². The molecular weight excluding hydrogens is 268 g/mol. The second-order valence-electron chi connectivity index (χ2n) is 5.53. The lowest BCUT2D eigenvalue weighted by Crippen LogP contribution is -2.44. The van der Waals surface area contributed by atoms with E-state index in [4.69, 9.17) is 5.73 Å². The van der Waals surface area contributed by atoms with E-state index in [0.717, 1.165) is 24.0 Å². The van der Waals surface area contributed by atoms with Crippen LogP contribution in [0.1, 0.15) is 36.8 Å². The van der Waals surface area contributed by atoms with Crippen LogP contribution in [0, 0.1) is 5.92 Å². The van der Waals surface area contributed by atoms with Crippen molar-refractivity contribution in [1.82, 2.24) is 4.90 Å². The first-order valence-corrected chi connectivity index (χ1v) is 7.37. The van der Waals surface area contributed by atoms with E-state index in [9.17, 15) is 14.7 Å². The van der Waals surface area contributed by atoms with Gasteiger partial charge in [-0.1, -0.05) is 37.6 Å². The summed E-state index contributed by atoms with van der Waals surface area (Å²) in [5, 5.41) is 9.42. The van der Waals surface area contributed by atoms with Crippen molar-refractivity contribution in [1.29, 1.82) is 0 Å². The Bertz CT molecular complexity index is 530. The van der Waals surface area contributed by atoms with Gasteiger partial charge in [-0.15, -0.1) is 0 Å². The van der Waals surface area contributed by atoms with Crippen molar-refractivity contribution in [2.45, 2.75) is 32.2 Å². The molecular formula is C16H22N2O3. The standard InChI is InChI=1S/C16H22N2O3/c1-2-5-11(8-17)15(19)18-9-12-6-3-4-7-13(12)14(10-18)16(20)21/h3-4,6-7,11,14H,2,5,8-10,17H2,1H3,(H,20,21). The number of hydrogen-bond acceptors (Lipinski definition) is 3. The van der Waals surface area contributed by atoms with E-state index in [-0.39, 0.29) is 18.4 Å². The van der Waals surface area contributed by atoms with Gasteiger partial charge in [0.2, 0.25) is 5.91 Å². The molecule has 0 saturated carbocycles. The molecule has 2 unspecified atom stereocenters. The van der Waals surface area contributed by atoms with Gasteiger partial charge in [0.15, 0.2) is 0 Å². The van der Waals surface area contributed by atoms with Crippen LogP contribution in [0.3, 0.4) is 0 Å². The molecule has 3 N–H and O–H groups in total. The van der Waals surface area contributed by atoms with Gasteiger partial charge in [0, 0.05) is 19.6 Å². The van der Waals surface area contributed by atoms with E-state index >= 15 is 0 Å². The zero-order valence-electron chi connectivity index (χ0n) is 12.3. The predicted molar refractivity (Wildman–Crippen MR) is 79.7 cm³/mol. The summed E-state index contributed by atoms with van der Waals surface area (Å²) < 4.78 is 0. The number of fused-ring (bicyclic) bond motifs is 1. The van der Waals surface area contributed by atoms with Gasteiger partial charge in [0.05, 0.1) is 11.8 Å². The van der Waals surface area contributed by atoms with E-state index in [1.54, 1.807) is 4.90 Å². The maximum Gasteiger partial charge on any atom is 0.312 e. The zero-order chi connectivity index (χ0) is 15.4. The van der Waals surface area contributed by atoms with Crippen LogP contribution in [0.15, 0.2) is 24.3 Å². The van der Waals surface area contributed by atoms with Gasteiger partial charge in [0.25, 0.3) is 0 Å². The van der Waals surface area contributed by atoms with Crippen molar-refractivity contribution in [2.24, 2.45) is 11.7 Å². The van der Waals surface area contributed by atoms with Gasteiger partial charge in [-0.05, 0) is 17.5 Å². The average molecular weight is 290 g/mol. The molecule has 0 saturated heterocycles. The summed E-state index contributed by atoms with van der Waals surface area (Å²) in [4.78, 5) is 25.7. The number of amides is 1. The molecule has 5 nitrogen and oxygen atoms in total. The fourth-order valence-corrected chi connectivity index (χ4v) is 2.93. The molecule has 0 aromatic heterocycles. The van der Waals surface area contributed by atoms with Crippen LogP contribution < -0.4 is 5.73 Å². The molecule has 5 heteroatoms. The van der Waals surface area contributed by atoms with Crippen LogP contribution in [0.25, 0.3) is 0 Å². The summed E-state index contributed by atoms with van der Waals surface area (Å²) in [5.41, 5.74) is 7.42. The minimum atomic E-state index is -0.889. The number of nitrogens with zero attached hydrogens (tertiary/aromatic N) is 1. The molecule has 114 valence electrons. The molecule has 1 heterocycles. The molecule has 0 radical (unpaired) electrons. The molecule has 1 aliphatic rings. The highest BCUT2D eigenvalue weighted by molar-refractivity contribution is 5.83. The number of carbonyl (C=O) groups is 2. The Morgan fingerprint density at radius 1 is 1.43 bits per heavy atom. The lowest BCUT2D eigenvalue weighted by Gasteiger charge is -2.34. The van der Waals surface area contributed by atoms with Crippen molar-refractivity contribution in [3.63, 3.8) is 0 Å². The fourth-order valence-electron chi connectivity index (χ4n) is 2.93. The monoisotopic (exact) mass is 290 g/mol. The lowest BCUT2D eigenvalue weighted by molar-refractivity contribution is -0.142. The van der Waals surface area contributed by atoms with Crippen LogP contribution >= 0.6 is 0 Å². The highest BCUT2D eigenvalue weighted by Gasteiger charge is 2.34. The van der Waals surface area contributed by atoms with Crippen LogP contribution in [0.5, 0.6) is 0 Å². The van der Waals surface area contributed by atoms with Gasteiger partial charge < -0.3 is 15.7 Å². The first kappa shape index (κ1) is 15.5. The normalized spacial score (nSPS) is 19.0. The molecule has 0 fully saturated rings. The van der Waals surface area contributed by atoms with Crippen molar-refractivity contribution in [3.05, 3.63) is 35.4 Å². The summed E-state index contributed by atoms with van der Waals surface area (Å²) in [6.07, 6.45) is 1.63. The molecule has 0 spiro atoms. The number of nitrogens with two attached hydrogens (primary N) is 1. The third-order valence-electron chi connectivity index (χ3n) is 4.08. The van der Waals surface area contributed by atoms with E-state index < -0.39 is 11.9 Å². The molecule has 2 rings (SSSR count). The maximum atomic E-state index is 12.6. The maximum absolute atomic E-state index is 12.6. The summed E-state index contributed by atoms with van der Waals surface area (Å²) >= 11 is 0. The van der Waals surface area contributed by atoms with Crippen molar-refractivity contribution in [2.75, 3.05) is 13.1 Å². The van der Waals surface area contributed by atoms with Crippen LogP contribution in [0.4, 0.5) is 0 Å². The minimum absolute atomic E-state index is 0.0277. The van der Waals surface area contributed by atoms with Crippen LogP contribution in [-0.4, -0.2) is 35.0 Å². The van der Waals surface area contributed by atoms with Crippen molar-refractivity contribution in [3.8, 4) is 0 Å². The number of benzene rings is 1. The summed E-state index contributed by atoms with van der Waals surface area (Å²) in [5.74, 6) is -1.78. The molecule has 1 aromatic rings. The summed E-state index contributed by atoms with van der Waals surface area (Å²) in [7, 11) is 0. The smallest absolute Gasteiger partial charge is 0.312 e. The number of aliphatic carboxylic acids is 1. The number of hydrogen-bond donors (Lipinski definition) is 2. The van der Waals surface area contributed by atoms with Gasteiger partial charge in [0.1, 0.15) is 0 Å². The second kappa shape index (κ2) is 6.72. The second-order valence-corrected chi connectivity index (χ2v) is 5.53. The Labute approximate surface area is 124 Å². The number of carbonyl (C=O) groups excluding carboxylic acids is 1. The lowest BCUT2D eigenvalue weighted by atomic mass is 9.88. The number of carboxylic acid groups (broad SMARTS) is 1. The molecule has 1 aliphatic heterocycles. The molecule has 21 heavy (non-hydrogen) atoms. The highest BCUT2D eigenvalue weighted by Crippen LogP contribution is 2.29. The molecule has 0 aliphatic carbocycles. The first-order chi connectivity index (χ1) is 10.1. The van der Waals surface area contributed by atoms with Gasteiger partial charge in [-0.2, -0.15) is 0 Å². The molecule has 1 amide bonds. The third kappa shape index (κ3) is 3.24. The van der Waals surface area contributed by atoms with E-state index in [1.807, 2.05) is 31.2 Å². The van der Waals surface area contributed by atoms with E-state index in [2.05, 4.69) is 0 Å². The Morgan fingerprint density at radius 2 is 2.14 bits per heavy atom. The zero-order valence-corrected chi connectivity index (χ0v) is 12.3. The number of carboxylic acids is 1.